The molecular weight excluding hydrogens is 268 g/mol. The molecule has 0 bridgehead atoms. The van der Waals surface area contributed by atoms with Crippen LogP contribution < -0.4 is 5.32 Å². The Bertz CT molecular complexity index is 641. The van der Waals surface area contributed by atoms with Crippen molar-refractivity contribution in [3.05, 3.63) is 47.7 Å². The molecule has 3 aromatic rings. The van der Waals surface area contributed by atoms with Crippen LogP contribution in [0.5, 0.6) is 0 Å². The zero-order valence-corrected chi connectivity index (χ0v) is 12.5. The Labute approximate surface area is 122 Å². The Morgan fingerprint density at radius 1 is 1.25 bits per heavy atom. The fraction of sp³-hybridized carbons (Fsp3) is 0.333. The number of fused-ring (bicyclic) bond motifs is 1. The Balaban J connectivity index is 1.64. The van der Waals surface area contributed by atoms with Crippen LogP contribution in [0.1, 0.15) is 24.9 Å². The van der Waals surface area contributed by atoms with Crippen molar-refractivity contribution in [2.75, 3.05) is 0 Å². The first-order chi connectivity index (χ1) is 9.74. The van der Waals surface area contributed by atoms with E-state index in [2.05, 4.69) is 47.4 Å². The number of rotatable bonds is 5. The largest absolute Gasteiger partial charge is 0.306 e. The van der Waals surface area contributed by atoms with E-state index in [1.165, 1.54) is 4.70 Å². The quantitative estimate of drug-likeness (QED) is 0.783. The summed E-state index contributed by atoms with van der Waals surface area (Å²) in [5.74, 6) is 0. The predicted octanol–water partition coefficient (Wildman–Crippen LogP) is 3.23. The lowest BCUT2D eigenvalue weighted by molar-refractivity contribution is 0.365. The van der Waals surface area contributed by atoms with Crippen LogP contribution in [0.3, 0.4) is 0 Å². The lowest BCUT2D eigenvalue weighted by Gasteiger charge is -2.21. The number of hydrogen-bond acceptors (Lipinski definition) is 4. The Morgan fingerprint density at radius 3 is 2.85 bits per heavy atom. The highest BCUT2D eigenvalue weighted by Crippen LogP contribution is 2.21. The number of hydrogen-bond donors (Lipinski definition) is 1. The van der Waals surface area contributed by atoms with Crippen LogP contribution in [0.4, 0.5) is 0 Å². The van der Waals surface area contributed by atoms with Gasteiger partial charge in [0.15, 0.2) is 0 Å². The summed E-state index contributed by atoms with van der Waals surface area (Å²) >= 11 is 1.75. The molecule has 20 heavy (non-hydrogen) atoms. The highest BCUT2D eigenvalue weighted by Gasteiger charge is 2.14. The number of thiazole rings is 1. The molecule has 0 radical (unpaired) electrons. The molecule has 0 aliphatic heterocycles. The molecule has 5 heteroatoms. The molecule has 104 valence electrons. The maximum atomic E-state index is 4.64. The Kier molecular flexibility index (Phi) is 3.80. The van der Waals surface area contributed by atoms with Crippen LogP contribution in [-0.4, -0.2) is 20.8 Å². The minimum atomic E-state index is 0.319. The van der Waals surface area contributed by atoms with Crippen molar-refractivity contribution in [3.63, 3.8) is 0 Å². The second-order valence-corrected chi connectivity index (χ2v) is 6.09. The lowest BCUT2D eigenvalue weighted by Crippen LogP contribution is -2.33. The van der Waals surface area contributed by atoms with Crippen molar-refractivity contribution >= 4 is 21.6 Å². The number of para-hydroxylation sites is 1. The molecule has 0 amide bonds. The van der Waals surface area contributed by atoms with Gasteiger partial charge >= 0.3 is 0 Å². The topological polar surface area (TPSA) is 42.7 Å². The monoisotopic (exact) mass is 286 g/mol. The first-order valence-electron chi connectivity index (χ1n) is 6.81. The van der Waals surface area contributed by atoms with Gasteiger partial charge in [-0.2, -0.15) is 5.10 Å². The van der Waals surface area contributed by atoms with Gasteiger partial charge in [0.25, 0.3) is 0 Å². The van der Waals surface area contributed by atoms with Gasteiger partial charge in [0.05, 0.1) is 16.3 Å². The van der Waals surface area contributed by atoms with Crippen molar-refractivity contribution in [1.29, 1.82) is 0 Å². The average Bonchev–Trinajstić information content (AvgIpc) is 3.12. The van der Waals surface area contributed by atoms with Crippen LogP contribution in [0, 0.1) is 0 Å². The maximum absolute atomic E-state index is 4.64. The number of aromatic nitrogens is 3. The first kappa shape index (κ1) is 13.3. The van der Waals surface area contributed by atoms with Gasteiger partial charge in [-0.05, 0) is 32.0 Å². The molecule has 0 fully saturated rings. The van der Waals surface area contributed by atoms with E-state index in [1.54, 1.807) is 11.3 Å². The summed E-state index contributed by atoms with van der Waals surface area (Å²) < 4.78 is 3.23. The van der Waals surface area contributed by atoms with Crippen molar-refractivity contribution in [3.8, 4) is 0 Å². The summed E-state index contributed by atoms with van der Waals surface area (Å²) in [4.78, 5) is 4.64. The second kappa shape index (κ2) is 5.73. The number of nitrogens with one attached hydrogen (secondary N) is 1. The van der Waals surface area contributed by atoms with E-state index in [0.717, 1.165) is 17.1 Å². The standard InChI is InChI=1S/C15H18N4S/c1-11(12(2)19-9-5-8-17-19)16-10-15-18-13-6-3-4-7-14(13)20-15/h3-9,11-12,16H,10H2,1-2H3/t11-,12-/m0/s1. The van der Waals surface area contributed by atoms with E-state index in [0.29, 0.717) is 12.1 Å². The van der Waals surface area contributed by atoms with Crippen molar-refractivity contribution in [1.82, 2.24) is 20.1 Å². The van der Waals surface area contributed by atoms with E-state index >= 15 is 0 Å². The lowest BCUT2D eigenvalue weighted by atomic mass is 10.2. The van der Waals surface area contributed by atoms with Gasteiger partial charge in [-0.1, -0.05) is 12.1 Å². The normalized spacial score (nSPS) is 14.5. The van der Waals surface area contributed by atoms with Crippen LogP contribution >= 0.6 is 11.3 Å². The molecule has 2 atom stereocenters. The van der Waals surface area contributed by atoms with E-state index in [9.17, 15) is 0 Å². The van der Waals surface area contributed by atoms with Gasteiger partial charge < -0.3 is 5.32 Å². The van der Waals surface area contributed by atoms with Gasteiger partial charge in [-0.3, -0.25) is 4.68 Å². The summed E-state index contributed by atoms with van der Waals surface area (Å²) in [5, 5.41) is 8.96. The van der Waals surface area contributed by atoms with Crippen LogP contribution in [-0.2, 0) is 6.54 Å². The zero-order chi connectivity index (χ0) is 13.9. The van der Waals surface area contributed by atoms with E-state index in [-0.39, 0.29) is 0 Å². The summed E-state index contributed by atoms with van der Waals surface area (Å²) in [6.07, 6.45) is 3.82. The molecule has 2 aromatic heterocycles. The maximum Gasteiger partial charge on any atom is 0.108 e. The molecule has 0 aliphatic rings. The predicted molar refractivity (Wildman–Crippen MR) is 82.9 cm³/mol. The minimum absolute atomic E-state index is 0.319. The third-order valence-corrected chi connectivity index (χ3v) is 4.62. The molecule has 4 nitrogen and oxygen atoms in total. The number of benzene rings is 1. The summed E-state index contributed by atoms with van der Waals surface area (Å²) in [6.45, 7) is 5.15. The minimum Gasteiger partial charge on any atom is -0.306 e. The molecule has 0 saturated carbocycles. The first-order valence-corrected chi connectivity index (χ1v) is 7.62. The Hall–Kier alpha value is -1.72. The van der Waals surface area contributed by atoms with Gasteiger partial charge in [0.1, 0.15) is 5.01 Å². The fourth-order valence-electron chi connectivity index (χ4n) is 2.17. The summed E-state index contributed by atoms with van der Waals surface area (Å²) in [6, 6.07) is 10.9. The fourth-order valence-corrected chi connectivity index (χ4v) is 3.08. The third-order valence-electron chi connectivity index (χ3n) is 3.58. The third kappa shape index (κ3) is 2.73. The number of nitrogens with zero attached hydrogens (tertiary/aromatic N) is 3. The van der Waals surface area contributed by atoms with E-state index < -0.39 is 0 Å². The smallest absolute Gasteiger partial charge is 0.108 e. The van der Waals surface area contributed by atoms with Crippen LogP contribution in [0.2, 0.25) is 0 Å². The molecule has 0 saturated heterocycles. The van der Waals surface area contributed by atoms with Gasteiger partial charge in [-0.25, -0.2) is 4.98 Å². The van der Waals surface area contributed by atoms with Crippen LogP contribution in [0.15, 0.2) is 42.7 Å². The summed E-state index contributed by atoms with van der Waals surface area (Å²) in [7, 11) is 0. The molecule has 0 aliphatic carbocycles. The van der Waals surface area contributed by atoms with Crippen molar-refractivity contribution < 1.29 is 0 Å². The molecule has 1 aromatic carbocycles. The van der Waals surface area contributed by atoms with E-state index in [1.807, 2.05) is 29.2 Å². The average molecular weight is 286 g/mol. The van der Waals surface area contributed by atoms with Gasteiger partial charge in [-0.15, -0.1) is 11.3 Å². The van der Waals surface area contributed by atoms with Gasteiger partial charge in [0.2, 0.25) is 0 Å². The zero-order valence-electron chi connectivity index (χ0n) is 11.7. The van der Waals surface area contributed by atoms with Crippen molar-refractivity contribution in [2.45, 2.75) is 32.5 Å². The second-order valence-electron chi connectivity index (χ2n) is 4.97. The molecule has 0 unspecified atom stereocenters. The molecule has 3 rings (SSSR count). The van der Waals surface area contributed by atoms with Crippen molar-refractivity contribution in [2.24, 2.45) is 0 Å². The molecule has 2 heterocycles. The molecule has 1 N–H and O–H groups in total. The van der Waals surface area contributed by atoms with Gasteiger partial charge in [0, 0.05) is 25.0 Å². The van der Waals surface area contributed by atoms with Crippen LogP contribution in [0.25, 0.3) is 10.2 Å². The SMILES string of the molecule is C[C@H](NCc1nc2ccccc2s1)[C@H](C)n1cccn1. The van der Waals surface area contributed by atoms with E-state index in [4.69, 9.17) is 0 Å². The molecular formula is C15H18N4S. The molecule has 0 spiro atoms. The highest BCUT2D eigenvalue weighted by molar-refractivity contribution is 7.18. The summed E-state index contributed by atoms with van der Waals surface area (Å²) in [5.41, 5.74) is 1.09. The Morgan fingerprint density at radius 2 is 2.10 bits per heavy atom. The highest BCUT2D eigenvalue weighted by atomic mass is 32.1.